The normalized spacial score (nSPS) is 13.0. The number of nitrogens with zero attached hydrogens (tertiary/aromatic N) is 1. The summed E-state index contributed by atoms with van der Waals surface area (Å²) in [6.07, 6.45) is 0.796. The molecule has 0 bridgehead atoms. The number of ketones is 1. The third kappa shape index (κ3) is 11.3. The molecule has 8 N–H and O–H groups in total. The largest absolute Gasteiger partial charge is 0.508 e. The van der Waals surface area contributed by atoms with Crippen molar-refractivity contribution in [2.24, 2.45) is 17.4 Å². The SMILES string of the molecule is CC(C)C[C@@H](C(=O)CN)N(C)C(=O)[C@H](Cc1ccccc1)NC(=O)CNC(=O)CNC(=O)[C@@H](N)Cc1ccc(O)cc1. The van der Waals surface area contributed by atoms with E-state index in [1.54, 1.807) is 12.1 Å². The topological polar surface area (TPSA) is 197 Å². The van der Waals surface area contributed by atoms with Crippen LogP contribution in [0.15, 0.2) is 54.6 Å². The second kappa shape index (κ2) is 16.8. The molecule has 0 saturated carbocycles. The van der Waals surface area contributed by atoms with Gasteiger partial charge in [-0.2, -0.15) is 0 Å². The number of phenolic OH excluding ortho intramolecular Hbond substituents is 1. The number of likely N-dealkylation sites (N-methyl/N-ethyl adjacent to an activating group) is 1. The van der Waals surface area contributed by atoms with E-state index >= 15 is 0 Å². The summed E-state index contributed by atoms with van der Waals surface area (Å²) >= 11 is 0. The molecule has 0 unspecified atom stereocenters. The smallest absolute Gasteiger partial charge is 0.245 e. The van der Waals surface area contributed by atoms with E-state index in [0.29, 0.717) is 6.42 Å². The Balaban J connectivity index is 1.96. The number of nitrogens with one attached hydrogen (secondary N) is 3. The summed E-state index contributed by atoms with van der Waals surface area (Å²) in [6.45, 7) is 2.82. The molecular weight excluding hydrogens is 540 g/mol. The Hall–Kier alpha value is -4.29. The zero-order valence-electron chi connectivity index (χ0n) is 24.3. The average molecular weight is 583 g/mol. The molecular formula is C30H42N6O6. The second-order valence-electron chi connectivity index (χ2n) is 10.5. The van der Waals surface area contributed by atoms with E-state index < -0.39 is 54.8 Å². The Morgan fingerprint density at radius 1 is 0.857 bits per heavy atom. The van der Waals surface area contributed by atoms with Gasteiger partial charge in [0.1, 0.15) is 11.8 Å². The molecule has 0 heterocycles. The van der Waals surface area contributed by atoms with Crippen LogP contribution in [0.1, 0.15) is 31.4 Å². The summed E-state index contributed by atoms with van der Waals surface area (Å²) in [5.74, 6) is -2.31. The molecule has 2 aromatic carbocycles. The Kier molecular flexibility index (Phi) is 13.6. The fourth-order valence-electron chi connectivity index (χ4n) is 4.30. The highest BCUT2D eigenvalue weighted by molar-refractivity contribution is 5.94. The van der Waals surface area contributed by atoms with Gasteiger partial charge in [-0.15, -0.1) is 0 Å². The maximum absolute atomic E-state index is 13.5. The van der Waals surface area contributed by atoms with E-state index in [0.717, 1.165) is 11.1 Å². The first-order chi connectivity index (χ1) is 19.9. The molecule has 3 atom stereocenters. The summed E-state index contributed by atoms with van der Waals surface area (Å²) in [6, 6.07) is 12.7. The van der Waals surface area contributed by atoms with Crippen molar-refractivity contribution in [1.29, 1.82) is 0 Å². The van der Waals surface area contributed by atoms with E-state index in [1.807, 2.05) is 44.2 Å². The summed E-state index contributed by atoms with van der Waals surface area (Å²) in [5.41, 5.74) is 13.0. The van der Waals surface area contributed by atoms with Crippen molar-refractivity contribution >= 4 is 29.4 Å². The van der Waals surface area contributed by atoms with Crippen molar-refractivity contribution in [3.63, 3.8) is 0 Å². The van der Waals surface area contributed by atoms with Crippen LogP contribution >= 0.6 is 0 Å². The Bertz CT molecular complexity index is 1200. The van der Waals surface area contributed by atoms with Crippen molar-refractivity contribution in [1.82, 2.24) is 20.9 Å². The molecule has 2 aromatic rings. The number of benzene rings is 2. The molecule has 0 aliphatic carbocycles. The van der Waals surface area contributed by atoms with Crippen LogP contribution in [0.5, 0.6) is 5.75 Å². The molecule has 0 aliphatic heterocycles. The predicted molar refractivity (Wildman–Crippen MR) is 158 cm³/mol. The van der Waals surface area contributed by atoms with Gasteiger partial charge in [0, 0.05) is 13.5 Å². The monoisotopic (exact) mass is 582 g/mol. The standard InChI is InChI=1S/C30H42N6O6/c1-19(2)13-25(26(38)16-31)36(3)30(42)24(15-20-7-5-4-6-8-20)35-28(40)18-33-27(39)17-34-29(41)23(32)14-21-9-11-22(37)12-10-21/h4-12,19,23-25,37H,13-18,31-32H2,1-3H3,(H,33,39)(H,34,41)(H,35,40)/t23-,24-,25-/m0/s1. The Labute approximate surface area is 246 Å². The van der Waals surface area contributed by atoms with Crippen LogP contribution in [0.4, 0.5) is 0 Å². The van der Waals surface area contributed by atoms with Crippen LogP contribution in [0.3, 0.4) is 0 Å². The van der Waals surface area contributed by atoms with Gasteiger partial charge in [0.25, 0.3) is 0 Å². The zero-order chi connectivity index (χ0) is 31.2. The second-order valence-corrected chi connectivity index (χ2v) is 10.5. The first-order valence-electron chi connectivity index (χ1n) is 13.8. The molecule has 12 nitrogen and oxygen atoms in total. The molecule has 4 amide bonds. The predicted octanol–water partition coefficient (Wildman–Crippen LogP) is -0.377. The minimum Gasteiger partial charge on any atom is -0.508 e. The molecule has 0 saturated heterocycles. The molecule has 0 aliphatic rings. The van der Waals surface area contributed by atoms with Crippen LogP contribution in [0, 0.1) is 5.92 Å². The number of carbonyl (C=O) groups excluding carboxylic acids is 5. The minimum atomic E-state index is -1.00. The molecule has 0 radical (unpaired) electrons. The highest BCUT2D eigenvalue weighted by atomic mass is 16.3. The highest BCUT2D eigenvalue weighted by Gasteiger charge is 2.32. The Morgan fingerprint density at radius 3 is 2.05 bits per heavy atom. The van der Waals surface area contributed by atoms with Crippen LogP contribution in [0.25, 0.3) is 0 Å². The average Bonchev–Trinajstić information content (AvgIpc) is 2.97. The van der Waals surface area contributed by atoms with Gasteiger partial charge in [-0.05, 0) is 42.0 Å². The first kappa shape index (κ1) is 33.9. The molecule has 12 heteroatoms. The lowest BCUT2D eigenvalue weighted by Gasteiger charge is -2.31. The lowest BCUT2D eigenvalue weighted by atomic mass is 9.97. The van der Waals surface area contributed by atoms with Gasteiger partial charge in [-0.3, -0.25) is 24.0 Å². The van der Waals surface area contributed by atoms with E-state index in [4.69, 9.17) is 11.5 Å². The molecule has 42 heavy (non-hydrogen) atoms. The molecule has 0 spiro atoms. The van der Waals surface area contributed by atoms with E-state index in [1.165, 1.54) is 24.1 Å². The highest BCUT2D eigenvalue weighted by Crippen LogP contribution is 2.15. The summed E-state index contributed by atoms with van der Waals surface area (Å²) in [5, 5.41) is 16.9. The number of amides is 4. The van der Waals surface area contributed by atoms with Gasteiger partial charge in [-0.25, -0.2) is 0 Å². The minimum absolute atomic E-state index is 0.0947. The molecule has 0 aromatic heterocycles. The van der Waals surface area contributed by atoms with Gasteiger partial charge in [-0.1, -0.05) is 56.3 Å². The van der Waals surface area contributed by atoms with Gasteiger partial charge in [0.2, 0.25) is 23.6 Å². The van der Waals surface area contributed by atoms with Crippen molar-refractivity contribution < 1.29 is 29.1 Å². The fourth-order valence-corrected chi connectivity index (χ4v) is 4.30. The third-order valence-corrected chi connectivity index (χ3v) is 6.60. The van der Waals surface area contributed by atoms with Crippen molar-refractivity contribution in [3.8, 4) is 5.75 Å². The van der Waals surface area contributed by atoms with E-state index in [2.05, 4.69) is 16.0 Å². The summed E-state index contributed by atoms with van der Waals surface area (Å²) in [7, 11) is 1.52. The lowest BCUT2D eigenvalue weighted by Crippen LogP contribution is -2.55. The number of phenols is 1. The third-order valence-electron chi connectivity index (χ3n) is 6.60. The quantitative estimate of drug-likeness (QED) is 0.154. The van der Waals surface area contributed by atoms with E-state index in [-0.39, 0.29) is 36.8 Å². The van der Waals surface area contributed by atoms with E-state index in [9.17, 15) is 29.1 Å². The molecule has 2 rings (SSSR count). The lowest BCUT2D eigenvalue weighted by molar-refractivity contribution is -0.141. The number of rotatable bonds is 16. The summed E-state index contributed by atoms with van der Waals surface area (Å²) < 4.78 is 0. The molecule has 228 valence electrons. The maximum atomic E-state index is 13.5. The first-order valence-corrected chi connectivity index (χ1v) is 13.8. The van der Waals surface area contributed by atoms with Gasteiger partial charge < -0.3 is 37.4 Å². The number of Topliss-reactive ketones (excluding diaryl/α,β-unsaturated/α-hetero) is 1. The van der Waals surface area contributed by atoms with Crippen LogP contribution in [0.2, 0.25) is 0 Å². The number of aromatic hydroxyl groups is 1. The molecule has 0 fully saturated rings. The number of hydrogen-bond donors (Lipinski definition) is 6. The summed E-state index contributed by atoms with van der Waals surface area (Å²) in [4.78, 5) is 64.7. The van der Waals surface area contributed by atoms with Crippen molar-refractivity contribution in [2.45, 2.75) is 51.2 Å². The van der Waals surface area contributed by atoms with Crippen LogP contribution in [-0.2, 0) is 36.8 Å². The van der Waals surface area contributed by atoms with Crippen LogP contribution < -0.4 is 27.4 Å². The maximum Gasteiger partial charge on any atom is 0.245 e. The Morgan fingerprint density at radius 2 is 1.45 bits per heavy atom. The number of hydrogen-bond acceptors (Lipinski definition) is 8. The number of nitrogens with two attached hydrogens (primary N) is 2. The van der Waals surface area contributed by atoms with Gasteiger partial charge >= 0.3 is 0 Å². The van der Waals surface area contributed by atoms with Crippen molar-refractivity contribution in [3.05, 3.63) is 65.7 Å². The fraction of sp³-hybridized carbons (Fsp3) is 0.433. The van der Waals surface area contributed by atoms with Gasteiger partial charge in [0.15, 0.2) is 5.78 Å². The van der Waals surface area contributed by atoms with Crippen LogP contribution in [-0.4, -0.2) is 84.2 Å². The van der Waals surface area contributed by atoms with Crippen molar-refractivity contribution in [2.75, 3.05) is 26.7 Å². The zero-order valence-corrected chi connectivity index (χ0v) is 24.3. The van der Waals surface area contributed by atoms with Gasteiger partial charge in [0.05, 0.1) is 31.7 Å². The number of carbonyl (C=O) groups is 5.